The fraction of sp³-hybridized carbons (Fsp3) is 0.250. The predicted octanol–water partition coefficient (Wildman–Crippen LogP) is 4.30. The van der Waals surface area contributed by atoms with Gasteiger partial charge in [0, 0.05) is 18.1 Å². The number of phenols is 1. The first-order valence-corrected chi connectivity index (χ1v) is 8.29. The Hall–Kier alpha value is -3.15. The van der Waals surface area contributed by atoms with Crippen LogP contribution in [0.4, 0.5) is 5.69 Å². The van der Waals surface area contributed by atoms with E-state index in [0.717, 1.165) is 5.56 Å². The number of hydrogen-bond donors (Lipinski definition) is 2. The number of amides is 1. The zero-order valence-electron chi connectivity index (χ0n) is 15.2. The van der Waals surface area contributed by atoms with Gasteiger partial charge >= 0.3 is 0 Å². The third-order valence-electron chi connectivity index (χ3n) is 4.01. The maximum atomic E-state index is 12.6. The minimum atomic E-state index is -0.329. The van der Waals surface area contributed by atoms with Gasteiger partial charge in [-0.15, -0.1) is 10.2 Å². The molecule has 0 radical (unpaired) electrons. The van der Waals surface area contributed by atoms with Gasteiger partial charge in [-0.05, 0) is 41.3 Å². The molecule has 0 saturated heterocycles. The van der Waals surface area contributed by atoms with Gasteiger partial charge in [0.05, 0.1) is 5.69 Å². The van der Waals surface area contributed by atoms with E-state index in [1.165, 1.54) is 0 Å². The third-order valence-corrected chi connectivity index (χ3v) is 4.01. The maximum Gasteiger partial charge on any atom is 0.255 e. The first-order chi connectivity index (χ1) is 12.2. The number of carbonyl (C=O) groups excluding carboxylic acids is 1. The van der Waals surface area contributed by atoms with E-state index in [1.54, 1.807) is 43.3 Å². The molecule has 6 heteroatoms. The van der Waals surface area contributed by atoms with Crippen LogP contribution in [-0.4, -0.2) is 21.2 Å². The van der Waals surface area contributed by atoms with Gasteiger partial charge in [0.1, 0.15) is 5.75 Å². The fourth-order valence-electron chi connectivity index (χ4n) is 2.50. The van der Waals surface area contributed by atoms with Gasteiger partial charge in [0.25, 0.3) is 5.91 Å². The van der Waals surface area contributed by atoms with Crippen LogP contribution in [0.1, 0.15) is 42.6 Å². The summed E-state index contributed by atoms with van der Waals surface area (Å²) < 4.78 is 5.40. The van der Waals surface area contributed by atoms with Crippen molar-refractivity contribution in [2.75, 3.05) is 5.32 Å². The summed E-state index contributed by atoms with van der Waals surface area (Å²) in [6.45, 7) is 7.92. The number of aromatic nitrogens is 2. The lowest BCUT2D eigenvalue weighted by Gasteiger charge is -2.20. The average molecular weight is 351 g/mol. The van der Waals surface area contributed by atoms with Crippen molar-refractivity contribution in [1.82, 2.24) is 10.2 Å². The number of rotatable bonds is 3. The highest BCUT2D eigenvalue weighted by Gasteiger charge is 2.17. The SMILES string of the molecule is Cc1nnc(-c2cccc(C(=O)Nc3cc(C(C)(C)C)ccc3O)c2)o1. The minimum absolute atomic E-state index is 0.0232. The number of anilines is 1. The van der Waals surface area contributed by atoms with Crippen LogP contribution in [0.5, 0.6) is 5.75 Å². The third kappa shape index (κ3) is 3.74. The van der Waals surface area contributed by atoms with Gasteiger partial charge in [0.2, 0.25) is 11.8 Å². The maximum absolute atomic E-state index is 12.6. The first kappa shape index (κ1) is 17.7. The van der Waals surface area contributed by atoms with E-state index in [0.29, 0.717) is 28.6 Å². The number of hydrogen-bond acceptors (Lipinski definition) is 5. The Morgan fingerprint density at radius 2 is 1.88 bits per heavy atom. The lowest BCUT2D eigenvalue weighted by atomic mass is 9.87. The normalized spacial score (nSPS) is 11.4. The van der Waals surface area contributed by atoms with Crippen molar-refractivity contribution < 1.29 is 14.3 Å². The highest BCUT2D eigenvalue weighted by molar-refractivity contribution is 6.05. The van der Waals surface area contributed by atoms with Crippen LogP contribution in [0.3, 0.4) is 0 Å². The molecule has 0 bridgehead atoms. The summed E-state index contributed by atoms with van der Waals surface area (Å²) in [5, 5.41) is 20.6. The minimum Gasteiger partial charge on any atom is -0.506 e. The summed E-state index contributed by atoms with van der Waals surface area (Å²) in [7, 11) is 0. The zero-order valence-corrected chi connectivity index (χ0v) is 15.2. The van der Waals surface area contributed by atoms with Crippen LogP contribution in [0.25, 0.3) is 11.5 Å². The van der Waals surface area contributed by atoms with Crippen LogP contribution in [0, 0.1) is 6.92 Å². The number of phenolic OH excluding ortho intramolecular Hbond substituents is 1. The first-order valence-electron chi connectivity index (χ1n) is 8.29. The standard InChI is InChI=1S/C20H21N3O3/c1-12-22-23-19(26-12)14-7-5-6-13(10-14)18(25)21-16-11-15(20(2,3)4)8-9-17(16)24/h5-11,24H,1-4H3,(H,21,25). The summed E-state index contributed by atoms with van der Waals surface area (Å²) in [6.07, 6.45) is 0. The molecule has 0 atom stereocenters. The molecule has 6 nitrogen and oxygen atoms in total. The van der Waals surface area contributed by atoms with Crippen molar-refractivity contribution >= 4 is 11.6 Å². The van der Waals surface area contributed by atoms with Gasteiger partial charge in [-0.25, -0.2) is 0 Å². The number of aromatic hydroxyl groups is 1. The quantitative estimate of drug-likeness (QED) is 0.687. The fourth-order valence-corrected chi connectivity index (χ4v) is 2.50. The molecule has 1 heterocycles. The van der Waals surface area contributed by atoms with Crippen LogP contribution in [0.2, 0.25) is 0 Å². The molecule has 0 aliphatic heterocycles. The molecule has 134 valence electrons. The molecule has 0 unspecified atom stereocenters. The number of aryl methyl sites for hydroxylation is 1. The predicted molar refractivity (Wildman–Crippen MR) is 99.2 cm³/mol. The van der Waals surface area contributed by atoms with Crippen molar-refractivity contribution in [3.8, 4) is 17.2 Å². The summed E-state index contributed by atoms with van der Waals surface area (Å²) in [5.74, 6) is 0.507. The van der Waals surface area contributed by atoms with Crippen molar-refractivity contribution in [3.05, 3.63) is 59.5 Å². The molecule has 26 heavy (non-hydrogen) atoms. The highest BCUT2D eigenvalue weighted by Crippen LogP contribution is 2.31. The molecule has 0 aliphatic carbocycles. The van der Waals surface area contributed by atoms with E-state index >= 15 is 0 Å². The summed E-state index contributed by atoms with van der Waals surface area (Å²) >= 11 is 0. The van der Waals surface area contributed by atoms with Crippen molar-refractivity contribution in [2.45, 2.75) is 33.1 Å². The Bertz CT molecular complexity index is 955. The van der Waals surface area contributed by atoms with Crippen LogP contribution in [-0.2, 0) is 5.41 Å². The smallest absolute Gasteiger partial charge is 0.255 e. The Kier molecular flexibility index (Phi) is 4.50. The Labute approximate surface area is 151 Å². The van der Waals surface area contributed by atoms with Crippen molar-refractivity contribution in [1.29, 1.82) is 0 Å². The summed E-state index contributed by atoms with van der Waals surface area (Å²) in [4.78, 5) is 12.6. The largest absolute Gasteiger partial charge is 0.506 e. The van der Waals surface area contributed by atoms with E-state index < -0.39 is 0 Å². The van der Waals surface area contributed by atoms with Gasteiger partial charge in [-0.3, -0.25) is 4.79 Å². The van der Waals surface area contributed by atoms with Gasteiger partial charge in [0.15, 0.2) is 0 Å². The topological polar surface area (TPSA) is 88.2 Å². The molecule has 0 fully saturated rings. The molecule has 2 N–H and O–H groups in total. The zero-order chi connectivity index (χ0) is 18.9. The lowest BCUT2D eigenvalue weighted by Crippen LogP contribution is -2.15. The summed E-state index contributed by atoms with van der Waals surface area (Å²) in [5.41, 5.74) is 2.38. The summed E-state index contributed by atoms with van der Waals surface area (Å²) in [6, 6.07) is 12.1. The highest BCUT2D eigenvalue weighted by atomic mass is 16.4. The molecule has 1 aromatic heterocycles. The second-order valence-electron chi connectivity index (χ2n) is 7.14. The van der Waals surface area contributed by atoms with Crippen LogP contribution >= 0.6 is 0 Å². The molecule has 3 rings (SSSR count). The average Bonchev–Trinajstić information content (AvgIpc) is 3.02. The lowest BCUT2D eigenvalue weighted by molar-refractivity contribution is 0.102. The van der Waals surface area contributed by atoms with Crippen molar-refractivity contribution in [3.63, 3.8) is 0 Å². The van der Waals surface area contributed by atoms with Crippen LogP contribution < -0.4 is 5.32 Å². The Morgan fingerprint density at radius 1 is 1.12 bits per heavy atom. The molecular weight excluding hydrogens is 330 g/mol. The van der Waals surface area contributed by atoms with Crippen LogP contribution in [0.15, 0.2) is 46.9 Å². The van der Waals surface area contributed by atoms with E-state index in [4.69, 9.17) is 4.42 Å². The van der Waals surface area contributed by atoms with Crippen molar-refractivity contribution in [2.24, 2.45) is 0 Å². The molecular formula is C20H21N3O3. The molecule has 3 aromatic rings. The van der Waals surface area contributed by atoms with Gasteiger partial charge in [-0.1, -0.05) is 32.9 Å². The van der Waals surface area contributed by atoms with E-state index in [-0.39, 0.29) is 17.1 Å². The molecule has 0 saturated carbocycles. The van der Waals surface area contributed by atoms with Gasteiger partial charge in [-0.2, -0.15) is 0 Å². The van der Waals surface area contributed by atoms with Gasteiger partial charge < -0.3 is 14.8 Å². The molecule has 0 aliphatic rings. The number of carbonyl (C=O) groups is 1. The second-order valence-corrected chi connectivity index (χ2v) is 7.14. The molecule has 1 amide bonds. The number of nitrogens with one attached hydrogen (secondary N) is 1. The Balaban J connectivity index is 1.87. The van der Waals surface area contributed by atoms with E-state index in [2.05, 4.69) is 36.3 Å². The number of benzene rings is 2. The molecule has 2 aromatic carbocycles. The van der Waals surface area contributed by atoms with E-state index in [1.807, 2.05) is 6.07 Å². The Morgan fingerprint density at radius 3 is 2.54 bits per heavy atom. The molecule has 0 spiro atoms. The second kappa shape index (κ2) is 6.63. The van der Waals surface area contributed by atoms with E-state index in [9.17, 15) is 9.90 Å². The number of nitrogens with zero attached hydrogens (tertiary/aromatic N) is 2. The monoisotopic (exact) mass is 351 g/mol.